The molecule has 1 aromatic heterocycles. The van der Waals surface area contributed by atoms with Gasteiger partial charge in [-0.15, -0.1) is 0 Å². The summed E-state index contributed by atoms with van der Waals surface area (Å²) < 4.78 is 5.33. The molecule has 1 saturated heterocycles. The lowest BCUT2D eigenvalue weighted by Crippen LogP contribution is -2.36. The zero-order valence-electron chi connectivity index (χ0n) is 14.2. The predicted octanol–water partition coefficient (Wildman–Crippen LogP) is 2.29. The number of hydrogen-bond donors (Lipinski definition) is 2. The SMILES string of the molecule is CN(Cc1ccccc1O)C(=O)Nc1ccc(N2CCOCC2)nc1. The first-order valence-electron chi connectivity index (χ1n) is 8.21. The zero-order valence-corrected chi connectivity index (χ0v) is 14.2. The maximum atomic E-state index is 12.3. The Kier molecular flexibility index (Phi) is 5.35. The van der Waals surface area contributed by atoms with Crippen LogP contribution in [0, 0.1) is 0 Å². The number of aromatic nitrogens is 1. The number of pyridine rings is 1. The molecule has 1 aliphatic rings. The molecule has 0 aliphatic carbocycles. The van der Waals surface area contributed by atoms with E-state index in [0.717, 1.165) is 18.9 Å². The molecule has 25 heavy (non-hydrogen) atoms. The second-order valence-corrected chi connectivity index (χ2v) is 5.92. The number of phenolic OH excluding ortho intramolecular Hbond substituents is 1. The van der Waals surface area contributed by atoms with Crippen LogP contribution in [0.4, 0.5) is 16.3 Å². The third kappa shape index (κ3) is 4.39. The van der Waals surface area contributed by atoms with Gasteiger partial charge in [-0.2, -0.15) is 0 Å². The van der Waals surface area contributed by atoms with Gasteiger partial charge >= 0.3 is 6.03 Å². The van der Waals surface area contributed by atoms with Crippen molar-refractivity contribution in [3.63, 3.8) is 0 Å². The second kappa shape index (κ2) is 7.85. The molecule has 132 valence electrons. The lowest BCUT2D eigenvalue weighted by molar-refractivity contribution is 0.122. The largest absolute Gasteiger partial charge is 0.508 e. The van der Waals surface area contributed by atoms with E-state index in [1.54, 1.807) is 31.4 Å². The Morgan fingerprint density at radius 2 is 2.04 bits per heavy atom. The highest BCUT2D eigenvalue weighted by Gasteiger charge is 2.14. The van der Waals surface area contributed by atoms with Crippen LogP contribution in [-0.2, 0) is 11.3 Å². The predicted molar refractivity (Wildman–Crippen MR) is 95.9 cm³/mol. The maximum Gasteiger partial charge on any atom is 0.321 e. The average molecular weight is 342 g/mol. The third-order valence-corrected chi connectivity index (χ3v) is 4.08. The molecule has 0 bridgehead atoms. The number of urea groups is 1. The van der Waals surface area contributed by atoms with Crippen LogP contribution in [0.3, 0.4) is 0 Å². The molecule has 2 aromatic rings. The molecule has 7 nitrogen and oxygen atoms in total. The summed E-state index contributed by atoms with van der Waals surface area (Å²) in [6.07, 6.45) is 1.65. The standard InChI is InChI=1S/C18H22N4O3/c1-21(13-14-4-2-3-5-16(14)23)18(24)20-15-6-7-17(19-12-15)22-8-10-25-11-9-22/h2-7,12,23H,8-11,13H2,1H3,(H,20,24). The summed E-state index contributed by atoms with van der Waals surface area (Å²) in [6, 6.07) is 10.4. The van der Waals surface area contributed by atoms with E-state index in [4.69, 9.17) is 4.74 Å². The van der Waals surface area contributed by atoms with Crippen molar-refractivity contribution >= 4 is 17.5 Å². The number of rotatable bonds is 4. The highest BCUT2D eigenvalue weighted by Crippen LogP contribution is 2.18. The normalized spacial score (nSPS) is 14.2. The van der Waals surface area contributed by atoms with Gasteiger partial charge in [0.25, 0.3) is 0 Å². The number of carbonyl (C=O) groups excluding carboxylic acids is 1. The topological polar surface area (TPSA) is 77.9 Å². The highest BCUT2D eigenvalue weighted by molar-refractivity contribution is 5.89. The van der Waals surface area contributed by atoms with Crippen LogP contribution in [0.5, 0.6) is 5.75 Å². The van der Waals surface area contributed by atoms with E-state index in [9.17, 15) is 9.90 Å². The number of phenols is 1. The first-order chi connectivity index (χ1) is 12.1. The fourth-order valence-electron chi connectivity index (χ4n) is 2.63. The van der Waals surface area contributed by atoms with Crippen molar-refractivity contribution in [3.05, 3.63) is 48.2 Å². The minimum absolute atomic E-state index is 0.179. The summed E-state index contributed by atoms with van der Waals surface area (Å²) in [5.41, 5.74) is 1.33. The van der Waals surface area contributed by atoms with Gasteiger partial charge in [-0.3, -0.25) is 0 Å². The molecule has 2 N–H and O–H groups in total. The maximum absolute atomic E-state index is 12.3. The van der Waals surface area contributed by atoms with Crippen molar-refractivity contribution in [2.45, 2.75) is 6.54 Å². The van der Waals surface area contributed by atoms with Crippen LogP contribution in [0.25, 0.3) is 0 Å². The Morgan fingerprint density at radius 3 is 2.72 bits per heavy atom. The van der Waals surface area contributed by atoms with Gasteiger partial charge in [0.15, 0.2) is 0 Å². The molecule has 0 spiro atoms. The molecule has 1 aromatic carbocycles. The Morgan fingerprint density at radius 1 is 1.28 bits per heavy atom. The van der Waals surface area contributed by atoms with E-state index in [-0.39, 0.29) is 11.8 Å². The van der Waals surface area contributed by atoms with Crippen LogP contribution >= 0.6 is 0 Å². The zero-order chi connectivity index (χ0) is 17.6. The smallest absolute Gasteiger partial charge is 0.321 e. The summed E-state index contributed by atoms with van der Waals surface area (Å²) in [5, 5.41) is 12.6. The van der Waals surface area contributed by atoms with Gasteiger partial charge in [0.2, 0.25) is 0 Å². The molecular weight excluding hydrogens is 320 g/mol. The van der Waals surface area contributed by atoms with Crippen LogP contribution in [0.2, 0.25) is 0 Å². The van der Waals surface area contributed by atoms with Gasteiger partial charge in [-0.25, -0.2) is 9.78 Å². The second-order valence-electron chi connectivity index (χ2n) is 5.92. The summed E-state index contributed by atoms with van der Waals surface area (Å²) in [5.74, 6) is 1.06. The quantitative estimate of drug-likeness (QED) is 0.891. The Bertz CT molecular complexity index is 715. The number of nitrogens with one attached hydrogen (secondary N) is 1. The fourth-order valence-corrected chi connectivity index (χ4v) is 2.63. The monoisotopic (exact) mass is 342 g/mol. The summed E-state index contributed by atoms with van der Waals surface area (Å²) in [6.45, 7) is 3.37. The van der Waals surface area contributed by atoms with Gasteiger partial charge < -0.3 is 25.0 Å². The van der Waals surface area contributed by atoms with Gasteiger partial charge in [-0.05, 0) is 18.2 Å². The van der Waals surface area contributed by atoms with E-state index < -0.39 is 0 Å². The molecule has 0 radical (unpaired) electrons. The van der Waals surface area contributed by atoms with Crippen LogP contribution in [0.15, 0.2) is 42.6 Å². The van der Waals surface area contributed by atoms with Crippen LogP contribution < -0.4 is 10.2 Å². The van der Waals surface area contributed by atoms with Crippen molar-refractivity contribution in [2.75, 3.05) is 43.6 Å². The lowest BCUT2D eigenvalue weighted by Gasteiger charge is -2.27. The molecule has 0 unspecified atom stereocenters. The number of anilines is 2. The van der Waals surface area contributed by atoms with Gasteiger partial charge in [0.05, 0.1) is 31.6 Å². The van der Waals surface area contributed by atoms with E-state index in [2.05, 4.69) is 15.2 Å². The molecule has 2 heterocycles. The molecule has 7 heteroatoms. The minimum atomic E-state index is -0.260. The molecule has 2 amide bonds. The number of carbonyl (C=O) groups is 1. The van der Waals surface area contributed by atoms with Gasteiger partial charge in [0, 0.05) is 25.7 Å². The summed E-state index contributed by atoms with van der Waals surface area (Å²) in [4.78, 5) is 20.4. The summed E-state index contributed by atoms with van der Waals surface area (Å²) in [7, 11) is 1.68. The molecule has 1 aliphatic heterocycles. The number of hydrogen-bond acceptors (Lipinski definition) is 5. The first kappa shape index (κ1) is 17.0. The Labute approximate surface area is 146 Å². The van der Waals surface area contributed by atoms with Crippen molar-refractivity contribution in [2.24, 2.45) is 0 Å². The molecule has 0 saturated carbocycles. The number of aromatic hydroxyl groups is 1. The van der Waals surface area contributed by atoms with Gasteiger partial charge in [0.1, 0.15) is 11.6 Å². The van der Waals surface area contributed by atoms with E-state index >= 15 is 0 Å². The van der Waals surface area contributed by atoms with Crippen LogP contribution in [0.1, 0.15) is 5.56 Å². The molecule has 0 atom stereocenters. The van der Waals surface area contributed by atoms with Crippen molar-refractivity contribution in [1.82, 2.24) is 9.88 Å². The molecule has 1 fully saturated rings. The molecular formula is C18H22N4O3. The lowest BCUT2D eigenvalue weighted by atomic mass is 10.2. The van der Waals surface area contributed by atoms with E-state index in [1.165, 1.54) is 4.90 Å². The number of amides is 2. The average Bonchev–Trinajstić information content (AvgIpc) is 2.65. The number of ether oxygens (including phenoxy) is 1. The highest BCUT2D eigenvalue weighted by atomic mass is 16.5. The minimum Gasteiger partial charge on any atom is -0.508 e. The third-order valence-electron chi connectivity index (χ3n) is 4.08. The number of para-hydroxylation sites is 1. The van der Waals surface area contributed by atoms with Crippen LogP contribution in [-0.4, -0.2) is 54.4 Å². The Hall–Kier alpha value is -2.80. The van der Waals surface area contributed by atoms with Crippen molar-refractivity contribution in [3.8, 4) is 5.75 Å². The van der Waals surface area contributed by atoms with E-state index in [0.29, 0.717) is 31.0 Å². The molecule has 3 rings (SSSR count). The van der Waals surface area contributed by atoms with E-state index in [1.807, 2.05) is 18.2 Å². The van der Waals surface area contributed by atoms with Crippen molar-refractivity contribution in [1.29, 1.82) is 0 Å². The first-order valence-corrected chi connectivity index (χ1v) is 8.21. The fraction of sp³-hybridized carbons (Fsp3) is 0.333. The summed E-state index contributed by atoms with van der Waals surface area (Å²) >= 11 is 0. The van der Waals surface area contributed by atoms with Crippen molar-refractivity contribution < 1.29 is 14.6 Å². The number of benzene rings is 1. The number of nitrogens with zero attached hydrogens (tertiary/aromatic N) is 3. The number of morpholine rings is 1. The Balaban J connectivity index is 1.57. The van der Waals surface area contributed by atoms with Gasteiger partial charge in [-0.1, -0.05) is 18.2 Å².